The summed E-state index contributed by atoms with van der Waals surface area (Å²) < 4.78 is 0. The molecule has 11 heteroatoms. The van der Waals surface area contributed by atoms with Crippen LogP contribution in [-0.4, -0.2) is 83.2 Å². The fraction of sp³-hybridized carbons (Fsp3) is 0.545. The number of carbonyl (C=O) groups is 4. The van der Waals surface area contributed by atoms with E-state index in [4.69, 9.17) is 0 Å². The normalized spacial score (nSPS) is 18.1. The van der Waals surface area contributed by atoms with Crippen molar-refractivity contribution >= 4 is 35.5 Å². The van der Waals surface area contributed by atoms with Crippen LogP contribution in [0.1, 0.15) is 24.8 Å². The van der Waals surface area contributed by atoms with Crippen molar-refractivity contribution in [3.8, 4) is 0 Å². The van der Waals surface area contributed by atoms with Gasteiger partial charge in [-0.3, -0.25) is 14.4 Å². The Morgan fingerprint density at radius 2 is 1.73 bits per heavy atom. The fourth-order valence-electron chi connectivity index (χ4n) is 3.47. The third-order valence-electron chi connectivity index (χ3n) is 5.33. The van der Waals surface area contributed by atoms with Gasteiger partial charge in [-0.25, -0.2) is 4.79 Å². The zero-order valence-corrected chi connectivity index (χ0v) is 19.4. The minimum atomic E-state index is -1.35. The molecule has 1 aromatic rings. The summed E-state index contributed by atoms with van der Waals surface area (Å²) in [6.45, 7) is 0.00426. The SMILES string of the molecule is CSCCC(NC(=O)C(CO)NC(=O)C(Cc1ccccc1)NC(=O)C1CCCN1)C(=O)O. The highest BCUT2D eigenvalue weighted by atomic mass is 32.2. The molecular weight excluding hydrogens is 448 g/mol. The molecule has 0 aromatic heterocycles. The molecule has 2 rings (SSSR count). The Balaban J connectivity index is 2.07. The van der Waals surface area contributed by atoms with Gasteiger partial charge in [0.15, 0.2) is 0 Å². The molecule has 0 aliphatic carbocycles. The van der Waals surface area contributed by atoms with Gasteiger partial charge in [-0.15, -0.1) is 0 Å². The molecule has 0 bridgehead atoms. The second-order valence-electron chi connectivity index (χ2n) is 7.82. The molecule has 0 radical (unpaired) electrons. The van der Waals surface area contributed by atoms with Crippen LogP contribution in [0.5, 0.6) is 0 Å². The number of hydrogen-bond acceptors (Lipinski definition) is 7. The standard InChI is InChI=1S/C22H32N4O6S/c1-33-11-9-16(22(31)32)24-21(30)18(13-27)26-20(29)17(12-14-6-3-2-4-7-14)25-19(28)15-8-5-10-23-15/h2-4,6-7,15-18,23,27H,5,8-13H2,1H3,(H,24,30)(H,25,28)(H,26,29)(H,31,32). The first kappa shape index (κ1) is 26.6. The van der Waals surface area contributed by atoms with Crippen molar-refractivity contribution in [1.29, 1.82) is 0 Å². The molecular formula is C22H32N4O6S. The number of rotatable bonds is 13. The number of carbonyl (C=O) groups excluding carboxylic acids is 3. The number of benzene rings is 1. The van der Waals surface area contributed by atoms with Gasteiger partial charge in [0.05, 0.1) is 12.6 Å². The van der Waals surface area contributed by atoms with Gasteiger partial charge in [0, 0.05) is 6.42 Å². The number of carboxylic acid groups (broad SMARTS) is 1. The molecule has 3 amide bonds. The number of aliphatic hydroxyl groups excluding tert-OH is 1. The quantitative estimate of drug-likeness (QED) is 0.216. The summed E-state index contributed by atoms with van der Waals surface area (Å²) in [5.74, 6) is -2.43. The van der Waals surface area contributed by atoms with Crippen LogP contribution in [0.3, 0.4) is 0 Å². The third kappa shape index (κ3) is 8.67. The molecule has 1 heterocycles. The Bertz CT molecular complexity index is 803. The maximum atomic E-state index is 13.0. The van der Waals surface area contributed by atoms with Gasteiger partial charge in [-0.2, -0.15) is 11.8 Å². The van der Waals surface area contributed by atoms with E-state index in [0.29, 0.717) is 12.2 Å². The molecule has 1 aromatic carbocycles. The molecule has 1 aliphatic heterocycles. The molecule has 182 valence electrons. The topological polar surface area (TPSA) is 157 Å². The van der Waals surface area contributed by atoms with Gasteiger partial charge in [0.2, 0.25) is 17.7 Å². The van der Waals surface area contributed by atoms with E-state index in [-0.39, 0.29) is 24.8 Å². The summed E-state index contributed by atoms with van der Waals surface area (Å²) in [5.41, 5.74) is 0.810. The van der Waals surface area contributed by atoms with E-state index < -0.39 is 42.5 Å². The number of aliphatic carboxylic acids is 1. The van der Waals surface area contributed by atoms with Gasteiger partial charge >= 0.3 is 5.97 Å². The molecule has 0 saturated carbocycles. The number of thioether (sulfide) groups is 1. The Kier molecular flexibility index (Phi) is 11.1. The second kappa shape index (κ2) is 13.8. The number of carboxylic acids is 1. The molecule has 4 unspecified atom stereocenters. The highest BCUT2D eigenvalue weighted by molar-refractivity contribution is 7.98. The Morgan fingerprint density at radius 1 is 1.06 bits per heavy atom. The van der Waals surface area contributed by atoms with Gasteiger partial charge in [-0.1, -0.05) is 30.3 Å². The van der Waals surface area contributed by atoms with Crippen molar-refractivity contribution in [2.45, 2.75) is 49.9 Å². The molecule has 10 nitrogen and oxygen atoms in total. The highest BCUT2D eigenvalue weighted by Crippen LogP contribution is 2.08. The summed E-state index contributed by atoms with van der Waals surface area (Å²) in [6, 6.07) is 5.25. The van der Waals surface area contributed by atoms with E-state index in [1.807, 2.05) is 36.6 Å². The smallest absolute Gasteiger partial charge is 0.326 e. The van der Waals surface area contributed by atoms with Crippen molar-refractivity contribution in [3.63, 3.8) is 0 Å². The predicted octanol–water partition coefficient (Wildman–Crippen LogP) is -0.734. The van der Waals surface area contributed by atoms with Crippen molar-refractivity contribution in [2.75, 3.05) is 25.2 Å². The predicted molar refractivity (Wildman–Crippen MR) is 125 cm³/mol. The molecule has 6 N–H and O–H groups in total. The maximum Gasteiger partial charge on any atom is 0.326 e. The molecule has 4 atom stereocenters. The first-order valence-corrected chi connectivity index (χ1v) is 12.3. The molecule has 33 heavy (non-hydrogen) atoms. The average molecular weight is 481 g/mol. The van der Waals surface area contributed by atoms with Crippen LogP contribution >= 0.6 is 11.8 Å². The van der Waals surface area contributed by atoms with Gasteiger partial charge in [-0.05, 0) is 43.4 Å². The van der Waals surface area contributed by atoms with E-state index in [2.05, 4.69) is 21.3 Å². The molecule has 1 aliphatic rings. The lowest BCUT2D eigenvalue weighted by molar-refractivity contribution is -0.142. The molecule has 1 fully saturated rings. The van der Waals surface area contributed by atoms with E-state index in [1.54, 1.807) is 0 Å². The van der Waals surface area contributed by atoms with Crippen molar-refractivity contribution in [1.82, 2.24) is 21.3 Å². The summed E-state index contributed by atoms with van der Waals surface area (Å²) in [5, 5.41) is 29.6. The Morgan fingerprint density at radius 3 is 2.30 bits per heavy atom. The van der Waals surface area contributed by atoms with Crippen molar-refractivity contribution in [3.05, 3.63) is 35.9 Å². The first-order chi connectivity index (χ1) is 15.8. The van der Waals surface area contributed by atoms with Crippen LogP contribution in [-0.2, 0) is 25.6 Å². The minimum absolute atomic E-state index is 0.191. The summed E-state index contributed by atoms with van der Waals surface area (Å²) in [6.07, 6.45) is 3.74. The number of hydrogen-bond donors (Lipinski definition) is 6. The average Bonchev–Trinajstić information content (AvgIpc) is 3.35. The van der Waals surface area contributed by atoms with Crippen molar-refractivity contribution < 1.29 is 29.4 Å². The lowest BCUT2D eigenvalue weighted by Crippen LogP contribution is -2.58. The largest absolute Gasteiger partial charge is 0.480 e. The maximum absolute atomic E-state index is 13.0. The zero-order chi connectivity index (χ0) is 24.2. The van der Waals surface area contributed by atoms with E-state index >= 15 is 0 Å². The number of aliphatic hydroxyl groups is 1. The van der Waals surface area contributed by atoms with Crippen LogP contribution in [0, 0.1) is 0 Å². The minimum Gasteiger partial charge on any atom is -0.480 e. The van der Waals surface area contributed by atoms with E-state index in [0.717, 1.165) is 18.5 Å². The second-order valence-corrected chi connectivity index (χ2v) is 8.81. The van der Waals surface area contributed by atoms with E-state index in [1.165, 1.54) is 11.8 Å². The van der Waals surface area contributed by atoms with Crippen LogP contribution in [0.2, 0.25) is 0 Å². The first-order valence-electron chi connectivity index (χ1n) is 10.9. The fourth-order valence-corrected chi connectivity index (χ4v) is 3.94. The summed E-state index contributed by atoms with van der Waals surface area (Å²) in [7, 11) is 0. The third-order valence-corrected chi connectivity index (χ3v) is 5.98. The molecule has 0 spiro atoms. The Hall–Kier alpha value is -2.63. The number of nitrogens with one attached hydrogen (secondary N) is 4. The lowest BCUT2D eigenvalue weighted by Gasteiger charge is -2.24. The van der Waals surface area contributed by atoms with Gasteiger partial charge in [0.1, 0.15) is 18.1 Å². The number of amides is 3. The molecule has 1 saturated heterocycles. The lowest BCUT2D eigenvalue weighted by atomic mass is 10.0. The zero-order valence-electron chi connectivity index (χ0n) is 18.6. The monoisotopic (exact) mass is 480 g/mol. The van der Waals surface area contributed by atoms with Gasteiger partial charge < -0.3 is 31.5 Å². The van der Waals surface area contributed by atoms with Crippen LogP contribution in [0.4, 0.5) is 0 Å². The highest BCUT2D eigenvalue weighted by Gasteiger charge is 2.31. The summed E-state index contributed by atoms with van der Waals surface area (Å²) >= 11 is 1.44. The summed E-state index contributed by atoms with van der Waals surface area (Å²) in [4.78, 5) is 49.6. The van der Waals surface area contributed by atoms with Crippen LogP contribution in [0.25, 0.3) is 0 Å². The van der Waals surface area contributed by atoms with Crippen LogP contribution < -0.4 is 21.3 Å². The van der Waals surface area contributed by atoms with E-state index in [9.17, 15) is 29.4 Å². The van der Waals surface area contributed by atoms with Crippen molar-refractivity contribution in [2.24, 2.45) is 0 Å². The van der Waals surface area contributed by atoms with Crippen LogP contribution in [0.15, 0.2) is 30.3 Å². The Labute approximate surface area is 197 Å². The van der Waals surface area contributed by atoms with Gasteiger partial charge in [0.25, 0.3) is 0 Å².